The molecule has 0 fully saturated rings. The Morgan fingerprint density at radius 1 is 0.386 bits per heavy atom. The van der Waals surface area contributed by atoms with Crippen molar-refractivity contribution in [1.82, 2.24) is 24.9 Å². The molecule has 3 aromatic heterocycles. The van der Waals surface area contributed by atoms with Gasteiger partial charge in [-0.15, -0.1) is 0 Å². The minimum Gasteiger partial charge on any atom is -0.264 e. The molecule has 0 amide bonds. The lowest BCUT2D eigenvalue weighted by atomic mass is 9.88. The molecule has 44 heavy (non-hydrogen) atoms. The van der Waals surface area contributed by atoms with Crippen molar-refractivity contribution >= 4 is 21.7 Å². The summed E-state index contributed by atoms with van der Waals surface area (Å²) >= 11 is 0. The van der Waals surface area contributed by atoms with Gasteiger partial charge in [0.2, 0.25) is 0 Å². The van der Waals surface area contributed by atoms with Gasteiger partial charge in [0.15, 0.2) is 11.6 Å². The molecule has 0 spiro atoms. The Morgan fingerprint density at radius 2 is 0.909 bits per heavy atom. The summed E-state index contributed by atoms with van der Waals surface area (Å²) in [4.78, 5) is 24.6. The van der Waals surface area contributed by atoms with E-state index in [1.54, 1.807) is 0 Å². The lowest BCUT2D eigenvalue weighted by Crippen LogP contribution is -2.01. The van der Waals surface area contributed by atoms with Crippen LogP contribution in [0.2, 0.25) is 0 Å². The second-order valence-electron chi connectivity index (χ2n) is 10.6. The van der Waals surface area contributed by atoms with Crippen LogP contribution in [0, 0.1) is 0 Å². The monoisotopic (exact) mass is 563 g/mol. The van der Waals surface area contributed by atoms with Gasteiger partial charge in [0.25, 0.3) is 0 Å². The van der Waals surface area contributed by atoms with Gasteiger partial charge in [-0.1, -0.05) is 121 Å². The lowest BCUT2D eigenvalue weighted by molar-refractivity contribution is 1.11. The van der Waals surface area contributed by atoms with Crippen LogP contribution in [0.5, 0.6) is 0 Å². The summed E-state index contributed by atoms with van der Waals surface area (Å²) in [5, 5.41) is 3.02. The Morgan fingerprint density at radius 3 is 1.48 bits per heavy atom. The molecule has 8 aromatic rings. The van der Waals surface area contributed by atoms with Gasteiger partial charge >= 0.3 is 0 Å². The maximum atomic E-state index is 5.26. The normalized spacial score (nSPS) is 11.2. The second-order valence-corrected chi connectivity index (χ2v) is 10.6. The number of benzene rings is 5. The molecular formula is C39H25N5. The molecule has 0 aliphatic heterocycles. The molecule has 5 nitrogen and oxygen atoms in total. The van der Waals surface area contributed by atoms with Crippen molar-refractivity contribution in [3.8, 4) is 56.4 Å². The molecule has 0 aliphatic rings. The van der Waals surface area contributed by atoms with Crippen molar-refractivity contribution in [3.63, 3.8) is 0 Å². The largest absolute Gasteiger partial charge is 0.264 e. The second kappa shape index (κ2) is 11.0. The van der Waals surface area contributed by atoms with Gasteiger partial charge < -0.3 is 0 Å². The molecule has 0 unspecified atom stereocenters. The molecule has 206 valence electrons. The summed E-state index contributed by atoms with van der Waals surface area (Å²) in [6, 6.07) is 45.3. The standard InChI is InChI=1S/C39H25N5/c1-5-13-26(14-6-1)33-23-34(27-15-7-2-8-16-27)43-39(42-33)38-41-25-32-31-24-40-22-21-30(31)35(28-17-9-3-10-18-28)36(37(32)44-38)29-19-11-4-12-20-29/h1-25H. The van der Waals surface area contributed by atoms with Crippen LogP contribution in [0.3, 0.4) is 0 Å². The van der Waals surface area contributed by atoms with Crippen molar-refractivity contribution in [1.29, 1.82) is 0 Å². The van der Waals surface area contributed by atoms with Crippen LogP contribution in [0.4, 0.5) is 0 Å². The Balaban J connectivity index is 1.45. The first-order valence-corrected chi connectivity index (χ1v) is 14.5. The predicted molar refractivity (Wildman–Crippen MR) is 178 cm³/mol. The topological polar surface area (TPSA) is 64.5 Å². The molecule has 8 rings (SSSR count). The molecule has 3 heterocycles. The Bertz CT molecular complexity index is 2200. The number of fused-ring (bicyclic) bond motifs is 3. The van der Waals surface area contributed by atoms with Crippen molar-refractivity contribution < 1.29 is 0 Å². The SMILES string of the molecule is c1ccc(-c2cc(-c3ccccc3)nc(-c3ncc4c(n3)c(-c3ccccc3)c(-c3ccccc3)c3ccncc34)n2)cc1. The lowest BCUT2D eigenvalue weighted by Gasteiger charge is -2.18. The van der Waals surface area contributed by atoms with E-state index in [1.807, 2.05) is 73.2 Å². The maximum absolute atomic E-state index is 5.26. The first-order chi connectivity index (χ1) is 21.8. The molecule has 0 bridgehead atoms. The number of pyridine rings is 1. The number of aromatic nitrogens is 5. The van der Waals surface area contributed by atoms with Crippen LogP contribution >= 0.6 is 0 Å². The van der Waals surface area contributed by atoms with Crippen LogP contribution in [0.1, 0.15) is 0 Å². The summed E-state index contributed by atoms with van der Waals surface area (Å²) in [5.74, 6) is 0.936. The maximum Gasteiger partial charge on any atom is 0.198 e. The summed E-state index contributed by atoms with van der Waals surface area (Å²) in [6.07, 6.45) is 5.64. The average Bonchev–Trinajstić information content (AvgIpc) is 3.12. The summed E-state index contributed by atoms with van der Waals surface area (Å²) in [5.41, 5.74) is 8.79. The fourth-order valence-electron chi connectivity index (χ4n) is 5.81. The van der Waals surface area contributed by atoms with Gasteiger partial charge in [-0.3, -0.25) is 4.98 Å². The number of nitrogens with zero attached hydrogens (tertiary/aromatic N) is 5. The van der Waals surface area contributed by atoms with E-state index in [0.717, 1.165) is 66.4 Å². The first-order valence-electron chi connectivity index (χ1n) is 14.5. The van der Waals surface area contributed by atoms with Crippen molar-refractivity contribution in [2.24, 2.45) is 0 Å². The number of hydrogen-bond acceptors (Lipinski definition) is 5. The molecule has 0 radical (unpaired) electrons. The minimum absolute atomic E-state index is 0.465. The zero-order valence-electron chi connectivity index (χ0n) is 23.7. The highest BCUT2D eigenvalue weighted by Gasteiger charge is 2.21. The van der Waals surface area contributed by atoms with Crippen LogP contribution in [0.25, 0.3) is 78.1 Å². The van der Waals surface area contributed by atoms with Crippen LogP contribution < -0.4 is 0 Å². The highest BCUT2D eigenvalue weighted by molar-refractivity contribution is 6.20. The van der Waals surface area contributed by atoms with Crippen molar-refractivity contribution in [3.05, 3.63) is 152 Å². The van der Waals surface area contributed by atoms with E-state index >= 15 is 0 Å². The highest BCUT2D eigenvalue weighted by atomic mass is 15.0. The molecule has 0 N–H and O–H groups in total. The third-order valence-corrected chi connectivity index (χ3v) is 7.85. The van der Waals surface area contributed by atoms with E-state index in [-0.39, 0.29) is 0 Å². The Kier molecular flexibility index (Phi) is 6.39. The average molecular weight is 564 g/mol. The molecule has 0 aliphatic carbocycles. The first kappa shape index (κ1) is 25.6. The van der Waals surface area contributed by atoms with Crippen LogP contribution in [0.15, 0.2) is 152 Å². The quantitative estimate of drug-likeness (QED) is 0.195. The summed E-state index contributed by atoms with van der Waals surface area (Å²) in [7, 11) is 0. The third kappa shape index (κ3) is 4.57. The summed E-state index contributed by atoms with van der Waals surface area (Å²) < 4.78 is 0. The van der Waals surface area contributed by atoms with E-state index in [9.17, 15) is 0 Å². The van der Waals surface area contributed by atoms with Crippen LogP contribution in [-0.4, -0.2) is 24.9 Å². The number of rotatable bonds is 5. The molecule has 5 aromatic carbocycles. The zero-order chi connectivity index (χ0) is 29.3. The van der Waals surface area contributed by atoms with E-state index in [0.29, 0.717) is 11.6 Å². The van der Waals surface area contributed by atoms with Crippen molar-refractivity contribution in [2.45, 2.75) is 0 Å². The highest BCUT2D eigenvalue weighted by Crippen LogP contribution is 2.43. The Hall–Kier alpha value is -6.07. The minimum atomic E-state index is 0.465. The van der Waals surface area contributed by atoms with E-state index < -0.39 is 0 Å². The summed E-state index contributed by atoms with van der Waals surface area (Å²) in [6.45, 7) is 0. The van der Waals surface area contributed by atoms with Gasteiger partial charge in [-0.05, 0) is 34.2 Å². The van der Waals surface area contributed by atoms with Gasteiger partial charge in [0.1, 0.15) is 0 Å². The predicted octanol–water partition coefficient (Wildman–Crippen LogP) is 9.30. The van der Waals surface area contributed by atoms with Gasteiger partial charge in [0, 0.05) is 46.1 Å². The molecule has 5 heteroatoms. The van der Waals surface area contributed by atoms with Crippen molar-refractivity contribution in [2.75, 3.05) is 0 Å². The molecule has 0 saturated carbocycles. The fraction of sp³-hybridized carbons (Fsp3) is 0. The van der Waals surface area contributed by atoms with Crippen LogP contribution in [-0.2, 0) is 0 Å². The van der Waals surface area contributed by atoms with E-state index in [4.69, 9.17) is 19.9 Å². The van der Waals surface area contributed by atoms with Gasteiger partial charge in [-0.25, -0.2) is 19.9 Å². The van der Waals surface area contributed by atoms with Gasteiger partial charge in [-0.2, -0.15) is 0 Å². The Labute approximate surface area is 254 Å². The smallest absolute Gasteiger partial charge is 0.198 e. The molecule has 0 atom stereocenters. The number of hydrogen-bond donors (Lipinski definition) is 0. The van der Waals surface area contributed by atoms with E-state index in [1.165, 1.54) is 0 Å². The molecular weight excluding hydrogens is 538 g/mol. The molecule has 0 saturated heterocycles. The zero-order valence-corrected chi connectivity index (χ0v) is 23.7. The fourth-order valence-corrected chi connectivity index (χ4v) is 5.81. The van der Waals surface area contributed by atoms with E-state index in [2.05, 4.69) is 83.8 Å². The third-order valence-electron chi connectivity index (χ3n) is 7.85. The van der Waals surface area contributed by atoms with Gasteiger partial charge in [0.05, 0.1) is 16.9 Å².